The second-order valence-corrected chi connectivity index (χ2v) is 5.14. The predicted octanol–water partition coefficient (Wildman–Crippen LogP) is 2.68. The summed E-state index contributed by atoms with van der Waals surface area (Å²) in [5, 5.41) is 4.63. The number of aryl methyl sites for hydroxylation is 2. The van der Waals surface area contributed by atoms with E-state index in [4.69, 9.17) is 5.73 Å². The number of nitrogens with zero attached hydrogens (tertiary/aromatic N) is 4. The fourth-order valence-corrected chi connectivity index (χ4v) is 2.50. The van der Waals surface area contributed by atoms with Crippen molar-refractivity contribution in [3.8, 4) is 5.82 Å². The molecule has 0 bridgehead atoms. The highest BCUT2D eigenvalue weighted by atomic mass is 15.3. The molecule has 0 spiro atoms. The van der Waals surface area contributed by atoms with Gasteiger partial charge in [0.2, 0.25) is 0 Å². The second kappa shape index (κ2) is 5.61. The molecule has 2 aromatic heterocycles. The van der Waals surface area contributed by atoms with Crippen molar-refractivity contribution < 1.29 is 0 Å². The largest absolute Gasteiger partial charge is 0.383 e. The average Bonchev–Trinajstić information content (AvgIpc) is 2.69. The molecule has 0 fully saturated rings. The summed E-state index contributed by atoms with van der Waals surface area (Å²) >= 11 is 0. The molecule has 2 rings (SSSR count). The Morgan fingerprint density at radius 3 is 2.35 bits per heavy atom. The van der Waals surface area contributed by atoms with E-state index in [1.54, 1.807) is 0 Å². The summed E-state index contributed by atoms with van der Waals surface area (Å²) in [6.07, 6.45) is 2.80. The maximum Gasteiger partial charge on any atom is 0.162 e. The Morgan fingerprint density at radius 2 is 1.80 bits per heavy atom. The van der Waals surface area contributed by atoms with E-state index in [2.05, 4.69) is 35.8 Å². The van der Waals surface area contributed by atoms with Crippen molar-refractivity contribution in [1.29, 1.82) is 0 Å². The van der Waals surface area contributed by atoms with Crippen LogP contribution in [-0.2, 0) is 12.8 Å². The molecule has 2 aromatic rings. The standard InChI is InChI=1S/C15H23N5/c1-6-8-13-17-14(16)9(3)15(18-13)20-11(5)12(7-2)10(4)19-20/h6-8H2,1-5H3,(H2,16,17,18). The first-order valence-corrected chi connectivity index (χ1v) is 7.18. The van der Waals surface area contributed by atoms with Crippen LogP contribution < -0.4 is 5.73 Å². The molecule has 108 valence electrons. The third-order valence-electron chi connectivity index (χ3n) is 3.67. The molecule has 5 heteroatoms. The van der Waals surface area contributed by atoms with Crippen LogP contribution in [0.2, 0.25) is 0 Å². The molecule has 5 nitrogen and oxygen atoms in total. The second-order valence-electron chi connectivity index (χ2n) is 5.14. The van der Waals surface area contributed by atoms with Crippen molar-refractivity contribution in [3.05, 3.63) is 28.3 Å². The lowest BCUT2D eigenvalue weighted by molar-refractivity contribution is 0.760. The Kier molecular flexibility index (Phi) is 4.06. The summed E-state index contributed by atoms with van der Waals surface area (Å²) in [6, 6.07) is 0. The van der Waals surface area contributed by atoms with Crippen molar-refractivity contribution in [3.63, 3.8) is 0 Å². The quantitative estimate of drug-likeness (QED) is 0.929. The van der Waals surface area contributed by atoms with Crippen LogP contribution in [0.5, 0.6) is 0 Å². The number of anilines is 1. The number of nitrogen functional groups attached to an aromatic ring is 1. The van der Waals surface area contributed by atoms with Crippen molar-refractivity contribution in [2.45, 2.75) is 53.9 Å². The van der Waals surface area contributed by atoms with Crippen LogP contribution >= 0.6 is 0 Å². The zero-order valence-electron chi connectivity index (χ0n) is 13.0. The maximum atomic E-state index is 6.02. The van der Waals surface area contributed by atoms with Gasteiger partial charge in [-0.1, -0.05) is 13.8 Å². The van der Waals surface area contributed by atoms with Crippen molar-refractivity contribution >= 4 is 5.82 Å². The van der Waals surface area contributed by atoms with Gasteiger partial charge in [-0.3, -0.25) is 0 Å². The number of aromatic nitrogens is 4. The van der Waals surface area contributed by atoms with Gasteiger partial charge in [0.15, 0.2) is 5.82 Å². The highest BCUT2D eigenvalue weighted by molar-refractivity contribution is 5.49. The fourth-order valence-electron chi connectivity index (χ4n) is 2.50. The van der Waals surface area contributed by atoms with E-state index < -0.39 is 0 Å². The lowest BCUT2D eigenvalue weighted by Gasteiger charge is -2.11. The first-order chi connectivity index (χ1) is 9.49. The van der Waals surface area contributed by atoms with E-state index in [1.165, 1.54) is 5.56 Å². The molecule has 0 saturated heterocycles. The van der Waals surface area contributed by atoms with E-state index in [-0.39, 0.29) is 0 Å². The minimum absolute atomic E-state index is 0.545. The van der Waals surface area contributed by atoms with Crippen LogP contribution in [0.1, 0.15) is 48.6 Å². The highest BCUT2D eigenvalue weighted by Crippen LogP contribution is 2.22. The summed E-state index contributed by atoms with van der Waals surface area (Å²) in [7, 11) is 0. The molecule has 0 aliphatic carbocycles. The Balaban J connectivity index is 2.62. The van der Waals surface area contributed by atoms with E-state index in [1.807, 2.05) is 18.5 Å². The third kappa shape index (κ3) is 2.40. The number of nitrogens with two attached hydrogens (primary N) is 1. The summed E-state index contributed by atoms with van der Waals surface area (Å²) in [5.41, 5.74) is 10.4. The van der Waals surface area contributed by atoms with Gasteiger partial charge in [0, 0.05) is 17.7 Å². The monoisotopic (exact) mass is 273 g/mol. The highest BCUT2D eigenvalue weighted by Gasteiger charge is 2.16. The Hall–Kier alpha value is -1.91. The Bertz CT molecular complexity index is 628. The van der Waals surface area contributed by atoms with Crippen LogP contribution in [0.15, 0.2) is 0 Å². The van der Waals surface area contributed by atoms with E-state index in [9.17, 15) is 0 Å². The van der Waals surface area contributed by atoms with E-state index in [0.717, 1.165) is 47.9 Å². The minimum atomic E-state index is 0.545. The molecule has 0 radical (unpaired) electrons. The van der Waals surface area contributed by atoms with Crippen molar-refractivity contribution in [2.75, 3.05) is 5.73 Å². The van der Waals surface area contributed by atoms with Crippen molar-refractivity contribution in [2.24, 2.45) is 0 Å². The number of hydrogen-bond donors (Lipinski definition) is 1. The molecule has 20 heavy (non-hydrogen) atoms. The van der Waals surface area contributed by atoms with Gasteiger partial charge in [-0.2, -0.15) is 5.10 Å². The molecule has 0 aromatic carbocycles. The van der Waals surface area contributed by atoms with Gasteiger partial charge >= 0.3 is 0 Å². The lowest BCUT2D eigenvalue weighted by atomic mass is 10.1. The SMILES string of the molecule is CCCc1nc(N)c(C)c(-n2nc(C)c(CC)c2C)n1. The van der Waals surface area contributed by atoms with Gasteiger partial charge < -0.3 is 5.73 Å². The minimum Gasteiger partial charge on any atom is -0.383 e. The summed E-state index contributed by atoms with van der Waals surface area (Å²) in [4.78, 5) is 9.01. The molecule has 0 atom stereocenters. The first-order valence-electron chi connectivity index (χ1n) is 7.18. The van der Waals surface area contributed by atoms with Gasteiger partial charge in [0.25, 0.3) is 0 Å². The molecule has 0 unspecified atom stereocenters. The zero-order valence-corrected chi connectivity index (χ0v) is 13.0. The topological polar surface area (TPSA) is 69.6 Å². The third-order valence-corrected chi connectivity index (χ3v) is 3.67. The normalized spacial score (nSPS) is 11.1. The van der Waals surface area contributed by atoms with Gasteiger partial charge in [0.1, 0.15) is 11.6 Å². The lowest BCUT2D eigenvalue weighted by Crippen LogP contribution is -2.11. The van der Waals surface area contributed by atoms with Gasteiger partial charge in [-0.25, -0.2) is 14.6 Å². The maximum absolute atomic E-state index is 6.02. The molecule has 0 saturated carbocycles. The molecule has 0 aliphatic rings. The first kappa shape index (κ1) is 14.5. The molecular formula is C15H23N5. The fraction of sp³-hybridized carbons (Fsp3) is 0.533. The van der Waals surface area contributed by atoms with Crippen molar-refractivity contribution in [1.82, 2.24) is 19.7 Å². The van der Waals surface area contributed by atoms with Crippen LogP contribution in [0.3, 0.4) is 0 Å². The van der Waals surface area contributed by atoms with Gasteiger partial charge in [-0.05, 0) is 39.2 Å². The Morgan fingerprint density at radius 1 is 1.10 bits per heavy atom. The van der Waals surface area contributed by atoms with Crippen LogP contribution in [0, 0.1) is 20.8 Å². The Labute approximate surface area is 120 Å². The van der Waals surface area contributed by atoms with Gasteiger partial charge in [-0.15, -0.1) is 0 Å². The molecule has 2 heterocycles. The molecule has 0 aliphatic heterocycles. The predicted molar refractivity (Wildman–Crippen MR) is 81.2 cm³/mol. The number of hydrogen-bond acceptors (Lipinski definition) is 4. The van der Waals surface area contributed by atoms with E-state index >= 15 is 0 Å². The van der Waals surface area contributed by atoms with Gasteiger partial charge in [0.05, 0.1) is 5.69 Å². The van der Waals surface area contributed by atoms with E-state index in [0.29, 0.717) is 5.82 Å². The molecular weight excluding hydrogens is 250 g/mol. The van der Waals surface area contributed by atoms with Crippen LogP contribution in [-0.4, -0.2) is 19.7 Å². The summed E-state index contributed by atoms with van der Waals surface area (Å²) < 4.78 is 1.90. The molecule has 0 amide bonds. The van der Waals surface area contributed by atoms with Crippen LogP contribution in [0.4, 0.5) is 5.82 Å². The zero-order chi connectivity index (χ0) is 14.9. The summed E-state index contributed by atoms with van der Waals surface area (Å²) in [5.74, 6) is 2.14. The van der Waals surface area contributed by atoms with Crippen LogP contribution in [0.25, 0.3) is 5.82 Å². The molecule has 2 N–H and O–H groups in total. The number of rotatable bonds is 4. The average molecular weight is 273 g/mol. The smallest absolute Gasteiger partial charge is 0.162 e. The summed E-state index contributed by atoms with van der Waals surface area (Å²) in [6.45, 7) is 10.3.